The van der Waals surface area contributed by atoms with E-state index in [1.165, 1.54) is 17.0 Å². The molecule has 0 aliphatic carbocycles. The molecule has 116 valence electrons. The van der Waals surface area contributed by atoms with Crippen LogP contribution in [0.4, 0.5) is 0 Å². The Morgan fingerprint density at radius 1 is 1.55 bits per heavy atom. The maximum atomic E-state index is 12.2. The Morgan fingerprint density at radius 2 is 2.32 bits per heavy atom. The van der Waals surface area contributed by atoms with E-state index < -0.39 is 0 Å². The Kier molecular flexibility index (Phi) is 4.00. The number of hydrogen-bond donors (Lipinski definition) is 1. The van der Waals surface area contributed by atoms with Gasteiger partial charge in [0.1, 0.15) is 0 Å². The molecule has 0 spiro atoms. The molecule has 3 nitrogen and oxygen atoms in total. The number of aromatic nitrogens is 1. The third kappa shape index (κ3) is 2.54. The van der Waals surface area contributed by atoms with Crippen molar-refractivity contribution in [2.24, 2.45) is 5.92 Å². The van der Waals surface area contributed by atoms with Crippen LogP contribution in [0.2, 0.25) is 5.02 Å². The second-order valence-corrected chi connectivity index (χ2v) is 6.77. The number of nitrogens with one attached hydrogen (secondary N) is 1. The van der Waals surface area contributed by atoms with Gasteiger partial charge in [0.2, 0.25) is 5.91 Å². The Balaban J connectivity index is 2.12. The topological polar surface area (TPSA) is 36.1 Å². The zero-order valence-electron chi connectivity index (χ0n) is 13.0. The Bertz CT molecular complexity index is 732. The Morgan fingerprint density at radius 3 is 3.00 bits per heavy atom. The van der Waals surface area contributed by atoms with Gasteiger partial charge >= 0.3 is 0 Å². The van der Waals surface area contributed by atoms with Gasteiger partial charge in [-0.25, -0.2) is 0 Å². The highest BCUT2D eigenvalue weighted by Crippen LogP contribution is 2.38. The smallest absolute Gasteiger partial charge is 0.246 e. The van der Waals surface area contributed by atoms with E-state index >= 15 is 0 Å². The number of H-pyrrole nitrogens is 1. The van der Waals surface area contributed by atoms with Gasteiger partial charge in [-0.05, 0) is 48.6 Å². The lowest BCUT2D eigenvalue weighted by Crippen LogP contribution is -2.39. The number of aromatic amines is 1. The molecule has 1 amide bonds. The lowest BCUT2D eigenvalue weighted by Gasteiger charge is -2.36. The van der Waals surface area contributed by atoms with Crippen molar-refractivity contribution in [1.29, 1.82) is 0 Å². The molecule has 1 N–H and O–H groups in total. The molecule has 0 bridgehead atoms. The minimum Gasteiger partial charge on any atom is -0.356 e. The third-order valence-electron chi connectivity index (χ3n) is 4.37. The van der Waals surface area contributed by atoms with Gasteiger partial charge in [-0.15, -0.1) is 0 Å². The fourth-order valence-corrected chi connectivity index (χ4v) is 3.58. The highest BCUT2D eigenvalue weighted by atomic mass is 35.5. The number of halogens is 1. The molecule has 1 aromatic heterocycles. The van der Waals surface area contributed by atoms with Crippen LogP contribution in [-0.4, -0.2) is 22.3 Å². The molecule has 0 unspecified atom stereocenters. The minimum atomic E-state index is 0.00740. The monoisotopic (exact) mass is 316 g/mol. The number of rotatable bonds is 3. The van der Waals surface area contributed by atoms with Gasteiger partial charge in [-0.1, -0.05) is 32.0 Å². The summed E-state index contributed by atoms with van der Waals surface area (Å²) in [6.07, 6.45) is 3.20. The quantitative estimate of drug-likeness (QED) is 0.833. The van der Waals surface area contributed by atoms with Gasteiger partial charge < -0.3 is 9.88 Å². The van der Waals surface area contributed by atoms with Crippen molar-refractivity contribution in [3.8, 4) is 0 Å². The molecule has 0 saturated heterocycles. The molecule has 0 fully saturated rings. The maximum Gasteiger partial charge on any atom is 0.246 e. The van der Waals surface area contributed by atoms with E-state index in [1.54, 1.807) is 0 Å². The zero-order chi connectivity index (χ0) is 15.9. The second kappa shape index (κ2) is 5.81. The predicted molar refractivity (Wildman–Crippen MR) is 91.1 cm³/mol. The number of hydrogen-bond acceptors (Lipinski definition) is 1. The van der Waals surface area contributed by atoms with Gasteiger partial charge in [0.05, 0.1) is 6.04 Å². The van der Waals surface area contributed by atoms with Crippen LogP contribution < -0.4 is 0 Å². The number of amides is 1. The number of benzene rings is 1. The molecule has 4 heteroatoms. The Labute approximate surface area is 136 Å². The molecule has 22 heavy (non-hydrogen) atoms. The van der Waals surface area contributed by atoms with E-state index in [1.807, 2.05) is 23.1 Å². The molecular weight excluding hydrogens is 296 g/mol. The SMILES string of the molecule is C=CC(=O)N1CCc2c([nH]c3ccc(Cl)cc23)[C@@H]1CC(C)C. The summed E-state index contributed by atoms with van der Waals surface area (Å²) in [5.74, 6) is 0.513. The maximum absolute atomic E-state index is 12.2. The highest BCUT2D eigenvalue weighted by Gasteiger charge is 2.32. The number of fused-ring (bicyclic) bond motifs is 3. The summed E-state index contributed by atoms with van der Waals surface area (Å²) < 4.78 is 0. The van der Waals surface area contributed by atoms with Crippen LogP contribution in [0.25, 0.3) is 10.9 Å². The number of carbonyl (C=O) groups is 1. The summed E-state index contributed by atoms with van der Waals surface area (Å²) in [6, 6.07) is 6.02. The summed E-state index contributed by atoms with van der Waals surface area (Å²) in [5, 5.41) is 1.93. The van der Waals surface area contributed by atoms with Crippen molar-refractivity contribution in [3.63, 3.8) is 0 Å². The minimum absolute atomic E-state index is 0.00740. The van der Waals surface area contributed by atoms with Crippen LogP contribution in [0, 0.1) is 5.92 Å². The van der Waals surface area contributed by atoms with E-state index in [0.29, 0.717) is 5.92 Å². The van der Waals surface area contributed by atoms with Gasteiger partial charge in [-0.3, -0.25) is 4.79 Å². The first kappa shape index (κ1) is 15.2. The summed E-state index contributed by atoms with van der Waals surface area (Å²) in [5.41, 5.74) is 3.56. The van der Waals surface area contributed by atoms with Gasteiger partial charge in [0.15, 0.2) is 0 Å². The lowest BCUT2D eigenvalue weighted by molar-refractivity contribution is -0.129. The van der Waals surface area contributed by atoms with Crippen molar-refractivity contribution in [3.05, 3.63) is 47.1 Å². The average Bonchev–Trinajstić information content (AvgIpc) is 2.85. The molecule has 0 saturated carbocycles. The first-order valence-corrected chi connectivity index (χ1v) is 8.12. The molecule has 1 atom stereocenters. The van der Waals surface area contributed by atoms with E-state index in [2.05, 4.69) is 25.4 Å². The summed E-state index contributed by atoms with van der Waals surface area (Å²) in [6.45, 7) is 8.74. The third-order valence-corrected chi connectivity index (χ3v) is 4.60. The van der Waals surface area contributed by atoms with Crippen molar-refractivity contribution in [2.75, 3.05) is 6.54 Å². The lowest BCUT2D eigenvalue weighted by atomic mass is 9.91. The first-order valence-electron chi connectivity index (χ1n) is 7.74. The largest absolute Gasteiger partial charge is 0.356 e. The van der Waals surface area contributed by atoms with Crippen molar-refractivity contribution in [1.82, 2.24) is 9.88 Å². The van der Waals surface area contributed by atoms with Gasteiger partial charge in [0, 0.05) is 28.2 Å². The zero-order valence-corrected chi connectivity index (χ0v) is 13.8. The molecule has 3 rings (SSSR count). The van der Waals surface area contributed by atoms with Crippen LogP contribution in [-0.2, 0) is 11.2 Å². The van der Waals surface area contributed by atoms with Gasteiger partial charge in [-0.2, -0.15) is 0 Å². The molecule has 0 radical (unpaired) electrons. The van der Waals surface area contributed by atoms with Crippen LogP contribution in [0.5, 0.6) is 0 Å². The molecule has 2 aromatic rings. The Hall–Kier alpha value is -1.74. The second-order valence-electron chi connectivity index (χ2n) is 6.34. The molecule has 1 aliphatic rings. The van der Waals surface area contributed by atoms with Crippen LogP contribution in [0.1, 0.15) is 37.6 Å². The van der Waals surface area contributed by atoms with Crippen molar-refractivity contribution >= 4 is 28.4 Å². The van der Waals surface area contributed by atoms with Crippen LogP contribution in [0.3, 0.4) is 0 Å². The molecule has 1 aromatic carbocycles. The summed E-state index contributed by atoms with van der Waals surface area (Å²) in [4.78, 5) is 17.7. The van der Waals surface area contributed by atoms with Crippen LogP contribution >= 0.6 is 11.6 Å². The van der Waals surface area contributed by atoms with E-state index in [0.717, 1.165) is 35.6 Å². The van der Waals surface area contributed by atoms with Gasteiger partial charge in [0.25, 0.3) is 0 Å². The summed E-state index contributed by atoms with van der Waals surface area (Å²) in [7, 11) is 0. The fourth-order valence-electron chi connectivity index (χ4n) is 3.41. The predicted octanol–water partition coefficient (Wildman–Crippen LogP) is 4.48. The van der Waals surface area contributed by atoms with E-state index in [9.17, 15) is 4.79 Å². The first-order chi connectivity index (χ1) is 10.5. The standard InChI is InChI=1S/C18H21ClN2O/c1-4-17(22)21-8-7-13-14-10-12(19)5-6-15(14)20-18(13)16(21)9-11(2)3/h4-6,10-11,16,20H,1,7-9H2,2-3H3/t16-/m0/s1. The van der Waals surface area contributed by atoms with E-state index in [4.69, 9.17) is 11.6 Å². The average molecular weight is 317 g/mol. The molecule has 1 aliphatic heterocycles. The summed E-state index contributed by atoms with van der Waals surface area (Å²) >= 11 is 6.15. The van der Waals surface area contributed by atoms with Crippen LogP contribution in [0.15, 0.2) is 30.9 Å². The number of carbonyl (C=O) groups excluding carboxylic acids is 1. The highest BCUT2D eigenvalue weighted by molar-refractivity contribution is 6.31. The van der Waals surface area contributed by atoms with E-state index in [-0.39, 0.29) is 11.9 Å². The fraction of sp³-hybridized carbons (Fsp3) is 0.389. The normalized spacial score (nSPS) is 17.8. The molecule has 2 heterocycles. The molecular formula is C18H21ClN2O. The van der Waals surface area contributed by atoms with Crippen molar-refractivity contribution in [2.45, 2.75) is 32.7 Å². The number of nitrogens with zero attached hydrogens (tertiary/aromatic N) is 1. The van der Waals surface area contributed by atoms with Crippen molar-refractivity contribution < 1.29 is 4.79 Å².